The molecule has 5 heteroatoms. The van der Waals surface area contributed by atoms with Gasteiger partial charge in [-0.05, 0) is 49.6 Å². The number of rotatable bonds is 3. The predicted molar refractivity (Wildman–Crippen MR) is 86.1 cm³/mol. The summed E-state index contributed by atoms with van der Waals surface area (Å²) in [6.07, 6.45) is 1.67. The highest BCUT2D eigenvalue weighted by molar-refractivity contribution is 7.99. The number of amides is 1. The standard InChI is InChI=1S/C16H18N2O2S/c1-9-5-10(2)7-13(6-9)21-15-11(3)8-17-16(20)14(15)18-12(4)19/h5-8H,1-4H3,(H,17,20)(H,18,19). The number of hydrogen-bond acceptors (Lipinski definition) is 3. The second kappa shape index (κ2) is 6.18. The molecule has 0 aliphatic heterocycles. The predicted octanol–water partition coefficient (Wildman–Crippen LogP) is 3.41. The van der Waals surface area contributed by atoms with Gasteiger partial charge >= 0.3 is 0 Å². The molecule has 1 amide bonds. The third kappa shape index (κ3) is 3.76. The summed E-state index contributed by atoms with van der Waals surface area (Å²) in [6, 6.07) is 6.23. The Kier molecular flexibility index (Phi) is 4.53. The summed E-state index contributed by atoms with van der Waals surface area (Å²) in [5.41, 5.74) is 3.28. The zero-order valence-corrected chi connectivity index (χ0v) is 13.4. The van der Waals surface area contributed by atoms with Crippen molar-refractivity contribution < 1.29 is 4.79 Å². The molecule has 21 heavy (non-hydrogen) atoms. The number of aryl methyl sites for hydroxylation is 3. The molecule has 2 rings (SSSR count). The molecule has 1 heterocycles. The summed E-state index contributed by atoms with van der Waals surface area (Å²) in [6.45, 7) is 7.38. The summed E-state index contributed by atoms with van der Waals surface area (Å²) >= 11 is 1.49. The first-order valence-corrected chi connectivity index (χ1v) is 7.44. The molecule has 0 bridgehead atoms. The topological polar surface area (TPSA) is 62.0 Å². The zero-order chi connectivity index (χ0) is 15.6. The van der Waals surface area contributed by atoms with Crippen molar-refractivity contribution in [3.8, 4) is 0 Å². The van der Waals surface area contributed by atoms with Crippen molar-refractivity contribution in [1.29, 1.82) is 0 Å². The third-order valence-corrected chi connectivity index (χ3v) is 4.15. The maximum atomic E-state index is 12.0. The largest absolute Gasteiger partial charge is 0.327 e. The van der Waals surface area contributed by atoms with Gasteiger partial charge in [0.05, 0.1) is 0 Å². The van der Waals surface area contributed by atoms with Crippen molar-refractivity contribution in [1.82, 2.24) is 4.98 Å². The molecule has 0 aliphatic carbocycles. The van der Waals surface area contributed by atoms with Crippen LogP contribution in [0.2, 0.25) is 0 Å². The van der Waals surface area contributed by atoms with Gasteiger partial charge in [0.25, 0.3) is 5.56 Å². The van der Waals surface area contributed by atoms with E-state index in [2.05, 4.69) is 28.5 Å². The SMILES string of the molecule is CC(=O)Nc1c(Sc2cc(C)cc(C)c2)c(C)c[nH]c1=O. The Bertz CT molecular complexity index is 730. The first kappa shape index (κ1) is 15.4. The van der Waals surface area contributed by atoms with E-state index in [1.807, 2.05) is 20.8 Å². The normalized spacial score (nSPS) is 10.5. The molecule has 1 aromatic carbocycles. The number of H-pyrrole nitrogens is 1. The van der Waals surface area contributed by atoms with Crippen LogP contribution in [-0.2, 0) is 4.79 Å². The monoisotopic (exact) mass is 302 g/mol. The lowest BCUT2D eigenvalue weighted by Crippen LogP contribution is -2.18. The molecule has 2 aromatic rings. The van der Waals surface area contributed by atoms with Gasteiger partial charge in [-0.25, -0.2) is 0 Å². The summed E-state index contributed by atoms with van der Waals surface area (Å²) in [5.74, 6) is -0.256. The Morgan fingerprint density at radius 1 is 1.14 bits per heavy atom. The minimum Gasteiger partial charge on any atom is -0.327 e. The lowest BCUT2D eigenvalue weighted by molar-refractivity contribution is -0.114. The lowest BCUT2D eigenvalue weighted by Gasteiger charge is -2.12. The maximum Gasteiger partial charge on any atom is 0.272 e. The molecular weight excluding hydrogens is 284 g/mol. The Morgan fingerprint density at radius 3 is 2.33 bits per heavy atom. The minimum atomic E-state index is -0.289. The van der Waals surface area contributed by atoms with Crippen LogP contribution in [0.1, 0.15) is 23.6 Å². The van der Waals surface area contributed by atoms with Crippen LogP contribution >= 0.6 is 11.8 Å². The van der Waals surface area contributed by atoms with Crippen molar-refractivity contribution in [2.24, 2.45) is 0 Å². The summed E-state index contributed by atoms with van der Waals surface area (Å²) in [4.78, 5) is 27.7. The van der Waals surface area contributed by atoms with Crippen LogP contribution in [0.5, 0.6) is 0 Å². The van der Waals surface area contributed by atoms with Crippen molar-refractivity contribution in [3.63, 3.8) is 0 Å². The summed E-state index contributed by atoms with van der Waals surface area (Å²) in [5, 5.41) is 2.63. The Balaban J connectivity index is 2.50. The molecule has 110 valence electrons. The smallest absolute Gasteiger partial charge is 0.272 e. The molecule has 1 aromatic heterocycles. The quantitative estimate of drug-likeness (QED) is 0.913. The van der Waals surface area contributed by atoms with Crippen LogP contribution in [0.25, 0.3) is 0 Å². The molecule has 4 nitrogen and oxygen atoms in total. The Morgan fingerprint density at radius 2 is 1.76 bits per heavy atom. The molecule has 0 fully saturated rings. The van der Waals surface area contributed by atoms with Crippen LogP contribution in [0.3, 0.4) is 0 Å². The number of nitrogens with one attached hydrogen (secondary N) is 2. The minimum absolute atomic E-state index is 0.256. The number of pyridine rings is 1. The number of hydrogen-bond donors (Lipinski definition) is 2. The maximum absolute atomic E-state index is 12.0. The van der Waals surface area contributed by atoms with Gasteiger partial charge in [0.1, 0.15) is 5.69 Å². The second-order valence-electron chi connectivity index (χ2n) is 5.11. The van der Waals surface area contributed by atoms with Crippen molar-refractivity contribution in [2.45, 2.75) is 37.5 Å². The lowest BCUT2D eigenvalue weighted by atomic mass is 10.2. The van der Waals surface area contributed by atoms with Gasteiger partial charge in [-0.15, -0.1) is 0 Å². The number of carbonyl (C=O) groups excluding carboxylic acids is 1. The van der Waals surface area contributed by atoms with Crippen LogP contribution < -0.4 is 10.9 Å². The average molecular weight is 302 g/mol. The van der Waals surface area contributed by atoms with Gasteiger partial charge in [0.2, 0.25) is 5.91 Å². The van der Waals surface area contributed by atoms with E-state index in [1.165, 1.54) is 29.8 Å². The van der Waals surface area contributed by atoms with Crippen LogP contribution in [-0.4, -0.2) is 10.9 Å². The van der Waals surface area contributed by atoms with E-state index >= 15 is 0 Å². The Hall–Kier alpha value is -2.01. The fourth-order valence-corrected chi connectivity index (χ4v) is 3.33. The number of anilines is 1. The first-order valence-electron chi connectivity index (χ1n) is 6.63. The van der Waals surface area contributed by atoms with Crippen molar-refractivity contribution in [2.75, 3.05) is 5.32 Å². The van der Waals surface area contributed by atoms with Crippen molar-refractivity contribution in [3.05, 3.63) is 51.4 Å². The van der Waals surface area contributed by atoms with Crippen LogP contribution in [0, 0.1) is 20.8 Å². The summed E-state index contributed by atoms with van der Waals surface area (Å²) in [7, 11) is 0. The molecular formula is C16H18N2O2S. The van der Waals surface area contributed by atoms with E-state index < -0.39 is 0 Å². The average Bonchev–Trinajstić information content (AvgIpc) is 2.36. The number of aromatic amines is 1. The van der Waals surface area contributed by atoms with E-state index in [1.54, 1.807) is 6.20 Å². The summed E-state index contributed by atoms with van der Waals surface area (Å²) < 4.78 is 0. The third-order valence-electron chi connectivity index (χ3n) is 2.95. The molecule has 0 saturated heterocycles. The zero-order valence-electron chi connectivity index (χ0n) is 12.5. The van der Waals surface area contributed by atoms with E-state index in [0.29, 0.717) is 5.69 Å². The van der Waals surface area contributed by atoms with E-state index in [4.69, 9.17) is 0 Å². The molecule has 0 saturated carbocycles. The van der Waals surface area contributed by atoms with Crippen LogP contribution in [0.15, 0.2) is 39.0 Å². The number of carbonyl (C=O) groups is 1. The van der Waals surface area contributed by atoms with E-state index in [-0.39, 0.29) is 11.5 Å². The first-order chi connectivity index (χ1) is 9.86. The van der Waals surface area contributed by atoms with Crippen molar-refractivity contribution >= 4 is 23.4 Å². The molecule has 0 atom stereocenters. The fourth-order valence-electron chi connectivity index (χ4n) is 2.14. The highest BCUT2D eigenvalue weighted by Gasteiger charge is 2.13. The van der Waals surface area contributed by atoms with E-state index in [0.717, 1.165) is 15.4 Å². The number of benzene rings is 1. The molecule has 0 spiro atoms. The second-order valence-corrected chi connectivity index (χ2v) is 6.20. The van der Waals surface area contributed by atoms with Gasteiger partial charge in [-0.1, -0.05) is 17.8 Å². The van der Waals surface area contributed by atoms with Gasteiger partial charge in [-0.3, -0.25) is 9.59 Å². The van der Waals surface area contributed by atoms with Gasteiger partial charge in [0.15, 0.2) is 0 Å². The number of aromatic nitrogens is 1. The highest BCUT2D eigenvalue weighted by Crippen LogP contribution is 2.34. The van der Waals surface area contributed by atoms with Gasteiger partial charge in [-0.2, -0.15) is 0 Å². The molecule has 0 radical (unpaired) electrons. The van der Waals surface area contributed by atoms with Gasteiger partial charge < -0.3 is 10.3 Å². The molecule has 2 N–H and O–H groups in total. The Labute approximate surface area is 128 Å². The fraction of sp³-hybridized carbons (Fsp3) is 0.250. The van der Waals surface area contributed by atoms with E-state index in [9.17, 15) is 9.59 Å². The molecule has 0 unspecified atom stereocenters. The van der Waals surface area contributed by atoms with Gasteiger partial charge in [0, 0.05) is 22.9 Å². The highest BCUT2D eigenvalue weighted by atomic mass is 32.2. The molecule has 0 aliphatic rings. The van der Waals surface area contributed by atoms with Crippen LogP contribution in [0.4, 0.5) is 5.69 Å².